The van der Waals surface area contributed by atoms with Crippen molar-refractivity contribution in [1.29, 1.82) is 0 Å². The minimum absolute atomic E-state index is 0.253. The van der Waals surface area contributed by atoms with Gasteiger partial charge in [-0.05, 0) is 6.92 Å². The lowest BCUT2D eigenvalue weighted by Gasteiger charge is -2.25. The van der Waals surface area contributed by atoms with Crippen molar-refractivity contribution in [2.75, 3.05) is 5.73 Å². The molecule has 1 atom stereocenters. The Morgan fingerprint density at radius 2 is 2.14 bits per heavy atom. The van der Waals surface area contributed by atoms with Crippen LogP contribution in [0.1, 0.15) is 6.92 Å². The fourth-order valence-corrected chi connectivity index (χ4v) is 0.871. The number of halogens is 3. The monoisotopic (exact) mass is 209 g/mol. The standard InChI is InChI=1S/C7H10F3N3O/c1-6(14,7(8,9)10)4-13-3-5(11)2-12-13/h2-3,14H,4,11H2,1H3. The van der Waals surface area contributed by atoms with Crippen molar-refractivity contribution in [2.24, 2.45) is 0 Å². The van der Waals surface area contributed by atoms with E-state index in [0.29, 0.717) is 6.92 Å². The summed E-state index contributed by atoms with van der Waals surface area (Å²) in [4.78, 5) is 0. The molecule has 0 aromatic carbocycles. The lowest BCUT2D eigenvalue weighted by Crippen LogP contribution is -2.45. The Morgan fingerprint density at radius 3 is 2.50 bits per heavy atom. The van der Waals surface area contributed by atoms with Gasteiger partial charge in [0, 0.05) is 6.20 Å². The van der Waals surface area contributed by atoms with Gasteiger partial charge in [-0.3, -0.25) is 4.68 Å². The molecule has 0 aliphatic carbocycles. The van der Waals surface area contributed by atoms with E-state index in [-0.39, 0.29) is 5.69 Å². The first-order valence-corrected chi connectivity index (χ1v) is 3.79. The van der Waals surface area contributed by atoms with E-state index in [0.717, 1.165) is 4.68 Å². The number of aromatic nitrogens is 2. The van der Waals surface area contributed by atoms with Gasteiger partial charge in [0.15, 0.2) is 5.60 Å². The molecule has 1 aromatic rings. The molecule has 3 N–H and O–H groups in total. The van der Waals surface area contributed by atoms with Gasteiger partial charge in [0.05, 0.1) is 18.4 Å². The second-order valence-corrected chi connectivity index (χ2v) is 3.24. The van der Waals surface area contributed by atoms with E-state index < -0.39 is 18.3 Å². The highest BCUT2D eigenvalue weighted by molar-refractivity contribution is 5.30. The summed E-state index contributed by atoms with van der Waals surface area (Å²) >= 11 is 0. The Kier molecular flexibility index (Phi) is 2.45. The van der Waals surface area contributed by atoms with Crippen molar-refractivity contribution < 1.29 is 18.3 Å². The molecule has 1 aromatic heterocycles. The predicted octanol–water partition coefficient (Wildman–Crippen LogP) is 0.779. The summed E-state index contributed by atoms with van der Waals surface area (Å²) < 4.78 is 37.6. The number of anilines is 1. The van der Waals surface area contributed by atoms with Crippen molar-refractivity contribution in [2.45, 2.75) is 25.2 Å². The van der Waals surface area contributed by atoms with Gasteiger partial charge in [0.25, 0.3) is 0 Å². The molecule has 1 unspecified atom stereocenters. The number of aliphatic hydroxyl groups is 1. The Balaban J connectivity index is 2.78. The first-order chi connectivity index (χ1) is 6.22. The zero-order chi connectivity index (χ0) is 11.0. The summed E-state index contributed by atoms with van der Waals surface area (Å²) in [6.45, 7) is 0.0125. The molecule has 0 aliphatic heterocycles. The normalized spacial score (nSPS) is 16.6. The Morgan fingerprint density at radius 1 is 1.57 bits per heavy atom. The lowest BCUT2D eigenvalue weighted by atomic mass is 10.1. The van der Waals surface area contributed by atoms with Gasteiger partial charge in [-0.15, -0.1) is 0 Å². The van der Waals surface area contributed by atoms with Crippen molar-refractivity contribution in [3.63, 3.8) is 0 Å². The lowest BCUT2D eigenvalue weighted by molar-refractivity contribution is -0.258. The maximum Gasteiger partial charge on any atom is 0.418 e. The highest BCUT2D eigenvalue weighted by Crippen LogP contribution is 2.31. The van der Waals surface area contributed by atoms with Crippen LogP contribution in [0.25, 0.3) is 0 Å². The minimum Gasteiger partial charge on any atom is -0.396 e. The van der Waals surface area contributed by atoms with Crippen molar-refractivity contribution in [3.8, 4) is 0 Å². The van der Waals surface area contributed by atoms with Crippen LogP contribution in [0.4, 0.5) is 18.9 Å². The molecule has 0 saturated carbocycles. The van der Waals surface area contributed by atoms with Crippen LogP contribution >= 0.6 is 0 Å². The van der Waals surface area contributed by atoms with Gasteiger partial charge >= 0.3 is 6.18 Å². The van der Waals surface area contributed by atoms with Gasteiger partial charge in [-0.1, -0.05) is 0 Å². The maximum atomic E-state index is 12.2. The van der Waals surface area contributed by atoms with Crippen molar-refractivity contribution in [1.82, 2.24) is 9.78 Å². The molecule has 0 amide bonds. The van der Waals surface area contributed by atoms with Crippen molar-refractivity contribution in [3.05, 3.63) is 12.4 Å². The predicted molar refractivity (Wildman–Crippen MR) is 43.3 cm³/mol. The van der Waals surface area contributed by atoms with Crippen LogP contribution in [-0.2, 0) is 6.54 Å². The second-order valence-electron chi connectivity index (χ2n) is 3.24. The smallest absolute Gasteiger partial charge is 0.396 e. The molecular formula is C7H10F3N3O. The van der Waals surface area contributed by atoms with E-state index in [1.54, 1.807) is 0 Å². The molecule has 80 valence electrons. The third-order valence-corrected chi connectivity index (χ3v) is 1.73. The Bertz CT molecular complexity index is 318. The number of hydrogen-bond donors (Lipinski definition) is 2. The average Bonchev–Trinajstić information content (AvgIpc) is 2.31. The molecule has 0 saturated heterocycles. The highest BCUT2D eigenvalue weighted by atomic mass is 19.4. The largest absolute Gasteiger partial charge is 0.418 e. The molecule has 7 heteroatoms. The number of alkyl halides is 3. The number of nitrogen functional groups attached to an aromatic ring is 1. The molecular weight excluding hydrogens is 199 g/mol. The summed E-state index contributed by atoms with van der Waals surface area (Å²) in [7, 11) is 0. The van der Waals surface area contributed by atoms with Gasteiger partial charge in [0.2, 0.25) is 0 Å². The summed E-state index contributed by atoms with van der Waals surface area (Å²) in [5, 5.41) is 12.6. The third-order valence-electron chi connectivity index (χ3n) is 1.73. The number of hydrogen-bond acceptors (Lipinski definition) is 3. The average molecular weight is 209 g/mol. The first kappa shape index (κ1) is 10.8. The topological polar surface area (TPSA) is 64.1 Å². The van der Waals surface area contributed by atoms with Crippen molar-refractivity contribution >= 4 is 5.69 Å². The van der Waals surface area contributed by atoms with E-state index in [1.807, 2.05) is 0 Å². The number of nitrogens with two attached hydrogens (primary N) is 1. The highest BCUT2D eigenvalue weighted by Gasteiger charge is 2.50. The fraction of sp³-hybridized carbons (Fsp3) is 0.571. The number of rotatable bonds is 2. The van der Waals surface area contributed by atoms with Crippen LogP contribution in [0.3, 0.4) is 0 Å². The molecule has 0 spiro atoms. The van der Waals surface area contributed by atoms with E-state index in [1.165, 1.54) is 12.4 Å². The van der Waals surface area contributed by atoms with E-state index >= 15 is 0 Å². The Hall–Kier alpha value is -1.24. The van der Waals surface area contributed by atoms with Gasteiger partial charge in [-0.25, -0.2) is 0 Å². The van der Waals surface area contributed by atoms with Crippen LogP contribution in [0.5, 0.6) is 0 Å². The van der Waals surface area contributed by atoms with Gasteiger partial charge < -0.3 is 10.8 Å². The van der Waals surface area contributed by atoms with Crippen LogP contribution in [0.2, 0.25) is 0 Å². The van der Waals surface area contributed by atoms with Crippen LogP contribution in [0, 0.1) is 0 Å². The van der Waals surface area contributed by atoms with E-state index in [2.05, 4.69) is 5.10 Å². The fourth-order valence-electron chi connectivity index (χ4n) is 0.871. The molecule has 0 radical (unpaired) electrons. The molecule has 0 fully saturated rings. The summed E-state index contributed by atoms with van der Waals surface area (Å²) in [5.41, 5.74) is 2.71. The minimum atomic E-state index is -4.69. The zero-order valence-electron chi connectivity index (χ0n) is 7.41. The van der Waals surface area contributed by atoms with E-state index in [4.69, 9.17) is 10.8 Å². The van der Waals surface area contributed by atoms with Gasteiger partial charge in [0.1, 0.15) is 0 Å². The molecule has 0 aliphatic rings. The van der Waals surface area contributed by atoms with Crippen LogP contribution < -0.4 is 5.73 Å². The van der Waals surface area contributed by atoms with Gasteiger partial charge in [-0.2, -0.15) is 18.3 Å². The SMILES string of the molecule is CC(O)(Cn1cc(N)cn1)C(F)(F)F. The zero-order valence-corrected chi connectivity index (χ0v) is 7.41. The molecule has 1 heterocycles. The quantitative estimate of drug-likeness (QED) is 0.756. The van der Waals surface area contributed by atoms with Crippen LogP contribution in [-0.4, -0.2) is 26.7 Å². The molecule has 0 bridgehead atoms. The first-order valence-electron chi connectivity index (χ1n) is 3.79. The summed E-state index contributed by atoms with van der Waals surface area (Å²) in [5.74, 6) is 0. The second kappa shape index (κ2) is 3.16. The Labute approximate surface area is 78.1 Å². The third kappa shape index (κ3) is 2.16. The number of nitrogens with zero attached hydrogens (tertiary/aromatic N) is 2. The summed E-state index contributed by atoms with van der Waals surface area (Å²) in [6, 6.07) is 0. The molecule has 1 rings (SSSR count). The summed E-state index contributed by atoms with van der Waals surface area (Å²) in [6.07, 6.45) is -2.25. The molecule has 4 nitrogen and oxygen atoms in total. The van der Waals surface area contributed by atoms with E-state index in [9.17, 15) is 13.2 Å². The molecule has 14 heavy (non-hydrogen) atoms. The van der Waals surface area contributed by atoms with Crippen LogP contribution in [0.15, 0.2) is 12.4 Å². The maximum absolute atomic E-state index is 12.2.